The first-order valence-electron chi connectivity index (χ1n) is 5.52. The minimum atomic E-state index is 0.112. The maximum absolute atomic E-state index is 5.72. The van der Waals surface area contributed by atoms with Crippen molar-refractivity contribution in [1.29, 1.82) is 0 Å². The Morgan fingerprint density at radius 2 is 1.88 bits per heavy atom. The van der Waals surface area contributed by atoms with Crippen molar-refractivity contribution in [3.05, 3.63) is 39.2 Å². The fraction of sp³-hybridized carbons (Fsp3) is 0.308. The van der Waals surface area contributed by atoms with E-state index in [9.17, 15) is 0 Å². The van der Waals surface area contributed by atoms with Crippen LogP contribution < -0.4 is 4.84 Å². The lowest BCUT2D eigenvalue weighted by Gasteiger charge is -2.13. The highest BCUT2D eigenvalue weighted by Crippen LogP contribution is 2.23. The third kappa shape index (κ3) is 2.76. The molecule has 1 heterocycles. The van der Waals surface area contributed by atoms with Crippen LogP contribution in [0.1, 0.15) is 19.4 Å². The molecule has 0 amide bonds. The fourth-order valence-electron chi connectivity index (χ4n) is 1.52. The summed E-state index contributed by atoms with van der Waals surface area (Å²) in [6.07, 6.45) is 0.112. The van der Waals surface area contributed by atoms with E-state index in [1.165, 1.54) is 16.9 Å². The molecule has 2 nitrogen and oxygen atoms in total. The zero-order chi connectivity index (χ0) is 12.4. The molecule has 0 radical (unpaired) electrons. The molecule has 0 atom stereocenters. The molecule has 0 N–H and O–H groups in total. The van der Waals surface area contributed by atoms with E-state index in [1.807, 2.05) is 19.2 Å². The van der Waals surface area contributed by atoms with Crippen LogP contribution in [0.5, 0.6) is 0 Å². The Labute approximate surface area is 110 Å². The monoisotopic (exact) mass is 265 g/mol. The van der Waals surface area contributed by atoms with Crippen molar-refractivity contribution in [1.82, 2.24) is 4.73 Å². The summed E-state index contributed by atoms with van der Waals surface area (Å²) in [6, 6.07) is 8.37. The molecule has 0 saturated carbocycles. The van der Waals surface area contributed by atoms with E-state index in [1.54, 1.807) is 4.73 Å². The molecule has 0 aliphatic heterocycles. The fourth-order valence-corrected chi connectivity index (χ4v) is 2.49. The minimum absolute atomic E-state index is 0.112. The number of rotatable bonds is 3. The lowest BCUT2D eigenvalue weighted by atomic mass is 10.1. The number of aromatic nitrogens is 1. The van der Waals surface area contributed by atoms with Crippen LogP contribution in [0.25, 0.3) is 11.3 Å². The number of nitrogens with zero attached hydrogens (tertiary/aromatic N) is 1. The number of thiazole rings is 1. The first-order chi connectivity index (χ1) is 8.08. The van der Waals surface area contributed by atoms with Crippen molar-refractivity contribution in [2.45, 2.75) is 26.9 Å². The predicted octanol–water partition coefficient (Wildman–Crippen LogP) is 4.09. The smallest absolute Gasteiger partial charge is 0.197 e. The summed E-state index contributed by atoms with van der Waals surface area (Å²) in [5, 5.41) is 2.04. The lowest BCUT2D eigenvalue weighted by Crippen LogP contribution is -2.19. The number of benzene rings is 1. The third-order valence-electron chi connectivity index (χ3n) is 2.32. The summed E-state index contributed by atoms with van der Waals surface area (Å²) < 4.78 is 2.49. The Kier molecular flexibility index (Phi) is 3.64. The summed E-state index contributed by atoms with van der Waals surface area (Å²) in [5.41, 5.74) is 3.40. The van der Waals surface area contributed by atoms with E-state index in [0.717, 1.165) is 15.2 Å². The molecule has 2 rings (SSSR count). The Balaban J connectivity index is 2.45. The SMILES string of the molecule is Cc1ccc(-c2csc(=S)n2OC(C)C)cc1. The van der Waals surface area contributed by atoms with Crippen LogP contribution in [0, 0.1) is 10.9 Å². The van der Waals surface area contributed by atoms with E-state index >= 15 is 0 Å². The van der Waals surface area contributed by atoms with Crippen LogP contribution in [0.4, 0.5) is 0 Å². The highest BCUT2D eigenvalue weighted by molar-refractivity contribution is 7.73. The summed E-state index contributed by atoms with van der Waals surface area (Å²) >= 11 is 6.80. The van der Waals surface area contributed by atoms with Gasteiger partial charge in [-0.1, -0.05) is 29.8 Å². The van der Waals surface area contributed by atoms with Gasteiger partial charge in [-0.15, -0.1) is 11.3 Å². The van der Waals surface area contributed by atoms with Crippen molar-refractivity contribution in [2.24, 2.45) is 0 Å². The summed E-state index contributed by atoms with van der Waals surface area (Å²) in [5.74, 6) is 0. The highest BCUT2D eigenvalue weighted by Gasteiger charge is 2.09. The number of aryl methyl sites for hydroxylation is 1. The van der Waals surface area contributed by atoms with Crippen LogP contribution in [0.2, 0.25) is 0 Å². The van der Waals surface area contributed by atoms with Crippen LogP contribution in [0.15, 0.2) is 29.6 Å². The second-order valence-electron chi connectivity index (χ2n) is 4.20. The maximum Gasteiger partial charge on any atom is 0.197 e. The molecular formula is C13H15NOS2. The highest BCUT2D eigenvalue weighted by atomic mass is 32.1. The Morgan fingerprint density at radius 3 is 2.47 bits per heavy atom. The topological polar surface area (TPSA) is 14.2 Å². The van der Waals surface area contributed by atoms with Crippen molar-refractivity contribution in [2.75, 3.05) is 0 Å². The molecule has 0 aliphatic carbocycles. The molecule has 0 unspecified atom stereocenters. The Morgan fingerprint density at radius 1 is 1.24 bits per heavy atom. The van der Waals surface area contributed by atoms with Gasteiger partial charge in [0.15, 0.2) is 3.95 Å². The van der Waals surface area contributed by atoms with Crippen molar-refractivity contribution < 1.29 is 4.84 Å². The molecule has 0 bridgehead atoms. The largest absolute Gasteiger partial charge is 0.409 e. The second-order valence-corrected chi connectivity index (χ2v) is 5.70. The Hall–Kier alpha value is -1.13. The van der Waals surface area contributed by atoms with Gasteiger partial charge in [-0.25, -0.2) is 0 Å². The van der Waals surface area contributed by atoms with Crippen molar-refractivity contribution in [3.8, 4) is 11.3 Å². The maximum atomic E-state index is 5.72. The first-order valence-corrected chi connectivity index (χ1v) is 6.81. The van der Waals surface area contributed by atoms with Crippen LogP contribution >= 0.6 is 23.6 Å². The molecule has 2 aromatic rings. The molecule has 0 fully saturated rings. The van der Waals surface area contributed by atoms with Gasteiger partial charge in [0.2, 0.25) is 0 Å². The molecule has 90 valence electrons. The van der Waals surface area contributed by atoms with Gasteiger partial charge in [0.1, 0.15) is 6.10 Å². The predicted molar refractivity (Wildman–Crippen MR) is 75.0 cm³/mol. The van der Waals surface area contributed by atoms with Gasteiger partial charge in [-0.2, -0.15) is 4.73 Å². The van der Waals surface area contributed by atoms with Gasteiger partial charge in [0.25, 0.3) is 0 Å². The molecule has 0 aliphatic rings. The standard InChI is InChI=1S/C13H15NOS2/c1-9(2)15-14-12(8-17-13(14)16)11-6-4-10(3)5-7-11/h4-9H,1-3H3. The average molecular weight is 265 g/mol. The zero-order valence-corrected chi connectivity index (χ0v) is 11.8. The van der Waals surface area contributed by atoms with Gasteiger partial charge in [0, 0.05) is 10.9 Å². The number of hydrogen-bond donors (Lipinski definition) is 0. The van der Waals surface area contributed by atoms with Gasteiger partial charge in [-0.3, -0.25) is 0 Å². The minimum Gasteiger partial charge on any atom is -0.409 e. The molecule has 17 heavy (non-hydrogen) atoms. The second kappa shape index (κ2) is 5.02. The zero-order valence-electron chi connectivity index (χ0n) is 10.1. The Bertz CT molecular complexity index is 552. The van der Waals surface area contributed by atoms with E-state index in [-0.39, 0.29) is 6.10 Å². The van der Waals surface area contributed by atoms with Crippen molar-refractivity contribution >= 4 is 23.6 Å². The molecule has 0 spiro atoms. The van der Waals surface area contributed by atoms with Gasteiger partial charge < -0.3 is 4.84 Å². The van der Waals surface area contributed by atoms with Gasteiger partial charge in [0.05, 0.1) is 5.69 Å². The van der Waals surface area contributed by atoms with Gasteiger partial charge >= 0.3 is 0 Å². The van der Waals surface area contributed by atoms with E-state index in [4.69, 9.17) is 17.1 Å². The normalized spacial score (nSPS) is 10.8. The molecule has 1 aromatic heterocycles. The molecule has 4 heteroatoms. The third-order valence-corrected chi connectivity index (χ3v) is 3.48. The van der Waals surface area contributed by atoms with Crippen LogP contribution in [-0.4, -0.2) is 10.8 Å². The van der Waals surface area contributed by atoms with Crippen LogP contribution in [-0.2, 0) is 0 Å². The van der Waals surface area contributed by atoms with E-state index in [2.05, 4.69) is 31.2 Å². The van der Waals surface area contributed by atoms with Crippen LogP contribution in [0.3, 0.4) is 0 Å². The lowest BCUT2D eigenvalue weighted by molar-refractivity contribution is 0.0622. The molecular weight excluding hydrogens is 250 g/mol. The van der Waals surface area contributed by atoms with E-state index < -0.39 is 0 Å². The van der Waals surface area contributed by atoms with Crippen molar-refractivity contribution in [3.63, 3.8) is 0 Å². The average Bonchev–Trinajstić information content (AvgIpc) is 2.61. The van der Waals surface area contributed by atoms with Gasteiger partial charge in [-0.05, 0) is 33.0 Å². The summed E-state index contributed by atoms with van der Waals surface area (Å²) in [7, 11) is 0. The summed E-state index contributed by atoms with van der Waals surface area (Å²) in [4.78, 5) is 5.72. The number of hydrogen-bond acceptors (Lipinski definition) is 3. The molecule has 1 aromatic carbocycles. The van der Waals surface area contributed by atoms with E-state index in [0.29, 0.717) is 0 Å². The quantitative estimate of drug-likeness (QED) is 0.776. The first kappa shape index (κ1) is 12.3. The molecule has 0 saturated heterocycles. The summed E-state index contributed by atoms with van der Waals surface area (Å²) in [6.45, 7) is 6.07.